The van der Waals surface area contributed by atoms with E-state index < -0.39 is 0 Å². The molecule has 1 amide bonds. The minimum absolute atomic E-state index is 0.318. The second-order valence-corrected chi connectivity index (χ2v) is 4.24. The quantitative estimate of drug-likeness (QED) is 0.690. The molecule has 0 aliphatic carbocycles. The third-order valence-electron chi connectivity index (χ3n) is 2.49. The van der Waals surface area contributed by atoms with Gasteiger partial charge >= 0.3 is 0 Å². The van der Waals surface area contributed by atoms with Crippen LogP contribution in [0.2, 0.25) is 5.02 Å². The lowest BCUT2D eigenvalue weighted by Crippen LogP contribution is -2.20. The van der Waals surface area contributed by atoms with Crippen LogP contribution in [-0.4, -0.2) is 16.6 Å². The first kappa shape index (κ1) is 13.2. The molecule has 2 rings (SSSR count). The molecule has 1 aromatic heterocycles. The maximum Gasteiger partial charge on any atom is 0.289 e. The van der Waals surface area contributed by atoms with Crippen molar-refractivity contribution in [1.82, 2.24) is 10.4 Å². The van der Waals surface area contributed by atoms with Crippen molar-refractivity contribution < 1.29 is 4.79 Å². The summed E-state index contributed by atoms with van der Waals surface area (Å²) in [6.45, 7) is 1.78. The van der Waals surface area contributed by atoms with E-state index in [4.69, 9.17) is 11.6 Å². The molecule has 1 heterocycles. The first-order valence-corrected chi connectivity index (χ1v) is 6.07. The summed E-state index contributed by atoms with van der Waals surface area (Å²) in [5, 5.41) is 4.62. The molecule has 19 heavy (non-hydrogen) atoms. The van der Waals surface area contributed by atoms with E-state index in [1.807, 2.05) is 18.2 Å². The first-order chi connectivity index (χ1) is 9.18. The SMILES string of the molecule is CC(=NNC(=O)c1ccccn1)c1ccccc1Cl. The molecule has 0 radical (unpaired) electrons. The fraction of sp³-hybridized carbons (Fsp3) is 0.0714. The number of pyridine rings is 1. The van der Waals surface area contributed by atoms with Crippen molar-refractivity contribution in [2.24, 2.45) is 5.10 Å². The van der Waals surface area contributed by atoms with Crippen molar-refractivity contribution in [2.45, 2.75) is 6.92 Å². The van der Waals surface area contributed by atoms with Gasteiger partial charge in [-0.05, 0) is 25.1 Å². The molecular weight excluding hydrogens is 262 g/mol. The van der Waals surface area contributed by atoms with Crippen molar-refractivity contribution in [3.05, 3.63) is 64.9 Å². The van der Waals surface area contributed by atoms with Crippen LogP contribution in [0.3, 0.4) is 0 Å². The van der Waals surface area contributed by atoms with Gasteiger partial charge in [0.1, 0.15) is 5.69 Å². The molecule has 2 aromatic rings. The molecule has 0 bridgehead atoms. The Balaban J connectivity index is 2.11. The molecule has 5 heteroatoms. The largest absolute Gasteiger partial charge is 0.289 e. The number of hydrogen-bond acceptors (Lipinski definition) is 3. The number of nitrogens with zero attached hydrogens (tertiary/aromatic N) is 2. The van der Waals surface area contributed by atoms with Crippen LogP contribution in [0.5, 0.6) is 0 Å². The standard InChI is InChI=1S/C14H12ClN3O/c1-10(11-6-2-3-7-12(11)15)17-18-14(19)13-8-4-5-9-16-13/h2-9H,1H3,(H,18,19). The van der Waals surface area contributed by atoms with E-state index in [9.17, 15) is 4.79 Å². The lowest BCUT2D eigenvalue weighted by molar-refractivity contribution is 0.0950. The topological polar surface area (TPSA) is 54.4 Å². The van der Waals surface area contributed by atoms with E-state index in [1.165, 1.54) is 0 Å². The van der Waals surface area contributed by atoms with Crippen LogP contribution in [0.15, 0.2) is 53.8 Å². The summed E-state index contributed by atoms with van der Waals surface area (Å²) in [6.07, 6.45) is 1.56. The van der Waals surface area contributed by atoms with E-state index in [1.54, 1.807) is 37.4 Å². The molecule has 0 unspecified atom stereocenters. The first-order valence-electron chi connectivity index (χ1n) is 5.69. The van der Waals surface area contributed by atoms with Crippen molar-refractivity contribution >= 4 is 23.2 Å². The number of amides is 1. The van der Waals surface area contributed by atoms with Gasteiger partial charge in [0.2, 0.25) is 0 Å². The number of aromatic nitrogens is 1. The zero-order valence-electron chi connectivity index (χ0n) is 10.3. The van der Waals surface area contributed by atoms with Crippen molar-refractivity contribution in [1.29, 1.82) is 0 Å². The molecule has 1 N–H and O–H groups in total. The monoisotopic (exact) mass is 273 g/mol. The van der Waals surface area contributed by atoms with Crippen LogP contribution >= 0.6 is 11.6 Å². The van der Waals surface area contributed by atoms with Crippen LogP contribution < -0.4 is 5.43 Å². The minimum Gasteiger partial charge on any atom is -0.266 e. The number of carbonyl (C=O) groups is 1. The van der Waals surface area contributed by atoms with E-state index in [2.05, 4.69) is 15.5 Å². The Morgan fingerprint density at radius 1 is 1.21 bits per heavy atom. The van der Waals surface area contributed by atoms with E-state index in [-0.39, 0.29) is 5.91 Å². The molecule has 96 valence electrons. The van der Waals surface area contributed by atoms with Gasteiger partial charge in [-0.15, -0.1) is 0 Å². The van der Waals surface area contributed by atoms with Crippen LogP contribution in [0, 0.1) is 0 Å². The average molecular weight is 274 g/mol. The van der Waals surface area contributed by atoms with Crippen molar-refractivity contribution in [2.75, 3.05) is 0 Å². The summed E-state index contributed by atoms with van der Waals surface area (Å²) >= 11 is 6.05. The van der Waals surface area contributed by atoms with Gasteiger partial charge in [0.05, 0.1) is 5.71 Å². The fourth-order valence-corrected chi connectivity index (χ4v) is 1.78. The second-order valence-electron chi connectivity index (χ2n) is 3.83. The summed E-state index contributed by atoms with van der Waals surface area (Å²) in [7, 11) is 0. The van der Waals surface area contributed by atoms with Crippen LogP contribution in [0.4, 0.5) is 0 Å². The van der Waals surface area contributed by atoms with Gasteiger partial charge in [-0.3, -0.25) is 9.78 Å². The highest BCUT2D eigenvalue weighted by Crippen LogP contribution is 2.15. The van der Waals surface area contributed by atoms with E-state index in [0.717, 1.165) is 5.56 Å². The van der Waals surface area contributed by atoms with Gasteiger partial charge in [0.25, 0.3) is 5.91 Å². The fourth-order valence-electron chi connectivity index (χ4n) is 1.50. The number of hydrogen-bond donors (Lipinski definition) is 1. The molecule has 0 fully saturated rings. The molecule has 0 spiro atoms. The number of hydrazone groups is 1. The third-order valence-corrected chi connectivity index (χ3v) is 2.82. The highest BCUT2D eigenvalue weighted by molar-refractivity contribution is 6.34. The summed E-state index contributed by atoms with van der Waals surface area (Å²) < 4.78 is 0. The zero-order valence-corrected chi connectivity index (χ0v) is 11.1. The Morgan fingerprint density at radius 2 is 1.95 bits per heavy atom. The minimum atomic E-state index is -0.355. The maximum absolute atomic E-state index is 11.8. The lowest BCUT2D eigenvalue weighted by Gasteiger charge is -2.04. The molecule has 0 aliphatic rings. The Bertz CT molecular complexity index is 611. The highest BCUT2D eigenvalue weighted by Gasteiger charge is 2.06. The summed E-state index contributed by atoms with van der Waals surface area (Å²) in [6, 6.07) is 12.4. The molecule has 0 saturated heterocycles. The predicted molar refractivity (Wildman–Crippen MR) is 75.4 cm³/mol. The molecule has 0 aliphatic heterocycles. The van der Waals surface area contributed by atoms with Crippen molar-refractivity contribution in [3.8, 4) is 0 Å². The van der Waals surface area contributed by atoms with Crippen molar-refractivity contribution in [3.63, 3.8) is 0 Å². The maximum atomic E-state index is 11.8. The number of rotatable bonds is 3. The summed E-state index contributed by atoms with van der Waals surface area (Å²) in [4.78, 5) is 15.7. The Hall–Kier alpha value is -2.20. The van der Waals surface area contributed by atoms with Gasteiger partial charge in [0.15, 0.2) is 0 Å². The van der Waals surface area contributed by atoms with Gasteiger partial charge in [-0.2, -0.15) is 5.10 Å². The molecular formula is C14H12ClN3O. The average Bonchev–Trinajstić information content (AvgIpc) is 2.46. The van der Waals surface area contributed by atoms with Gasteiger partial charge < -0.3 is 0 Å². The van der Waals surface area contributed by atoms with Gasteiger partial charge in [-0.25, -0.2) is 5.43 Å². The van der Waals surface area contributed by atoms with Crippen LogP contribution in [0.25, 0.3) is 0 Å². The molecule has 0 atom stereocenters. The number of halogens is 1. The van der Waals surface area contributed by atoms with Crippen LogP contribution in [0.1, 0.15) is 23.0 Å². The smallest absolute Gasteiger partial charge is 0.266 e. The Morgan fingerprint density at radius 3 is 2.63 bits per heavy atom. The number of benzene rings is 1. The molecule has 4 nitrogen and oxygen atoms in total. The van der Waals surface area contributed by atoms with E-state index >= 15 is 0 Å². The lowest BCUT2D eigenvalue weighted by atomic mass is 10.1. The molecule has 1 aromatic carbocycles. The number of carbonyl (C=O) groups excluding carboxylic acids is 1. The van der Waals surface area contributed by atoms with Crippen LogP contribution in [-0.2, 0) is 0 Å². The highest BCUT2D eigenvalue weighted by atomic mass is 35.5. The normalized spacial score (nSPS) is 11.2. The zero-order chi connectivity index (χ0) is 13.7. The summed E-state index contributed by atoms with van der Waals surface area (Å²) in [5.41, 5.74) is 4.19. The van der Waals surface area contributed by atoms with Gasteiger partial charge in [-0.1, -0.05) is 35.9 Å². The Labute approximate surface area is 116 Å². The summed E-state index contributed by atoms with van der Waals surface area (Å²) in [5.74, 6) is -0.355. The second kappa shape index (κ2) is 6.11. The van der Waals surface area contributed by atoms with Gasteiger partial charge in [0, 0.05) is 16.8 Å². The predicted octanol–water partition coefficient (Wildman–Crippen LogP) is 2.89. The van der Waals surface area contributed by atoms with E-state index in [0.29, 0.717) is 16.4 Å². The Kier molecular flexibility index (Phi) is 4.26. The third kappa shape index (κ3) is 3.39. The number of nitrogens with one attached hydrogen (secondary N) is 1. The molecule has 0 saturated carbocycles.